The van der Waals surface area contributed by atoms with Gasteiger partial charge in [-0.3, -0.25) is 0 Å². The smallest absolute Gasteiger partial charge is 0.201 e. The maximum absolute atomic E-state index is 7.59. The fraction of sp³-hybridized carbons (Fsp3) is 0.481. The minimum absolute atomic E-state index is 0. The SMILES string of the molecule is C.C.C.C.C.CCC(C)(CC)c1c[n+](C)c(-c2ccccc2C)cc1C.CCC(C)(CC)c1c[n+](C)c(-c2ccccc2C)cc1C.CCC(C)(CC)c1ccc(-c2ccc(C)cc2C)[n+](C)c1.[2H]C([2H])([2H])c1ccc(-c2cc(C)c(C(C)(CC)CC)c[n+]2C)c(C)c1.[2H]C([2H])([2H])c1ccc(-c2ccc(C(C)(CC)CC)c[n+]2C)c(C)c1. The number of aryl methyl sites for hydroxylation is 16. The predicted molar refractivity (Wildman–Crippen MR) is 491 cm³/mol. The van der Waals surface area contributed by atoms with Gasteiger partial charge < -0.3 is 0 Å². The van der Waals surface area contributed by atoms with Crippen LogP contribution in [0.5, 0.6) is 0 Å². The summed E-state index contributed by atoms with van der Waals surface area (Å²) in [7, 11) is 10.6. The Morgan fingerprint density at radius 3 is 0.721 bits per heavy atom. The lowest BCUT2D eigenvalue weighted by molar-refractivity contribution is -0.661. The molecule has 111 heavy (non-hydrogen) atoms. The normalized spacial score (nSPS) is 12.2. The molecule has 10 rings (SSSR count). The van der Waals surface area contributed by atoms with Crippen LogP contribution in [0.25, 0.3) is 56.3 Å². The first kappa shape index (κ1) is 90.0. The summed E-state index contributed by atoms with van der Waals surface area (Å²) in [4.78, 5) is 0. The average molecular weight is 1510 g/mol. The third-order valence-electron chi connectivity index (χ3n) is 25.4. The number of rotatable bonds is 20. The number of aromatic nitrogens is 5. The molecule has 0 atom stereocenters. The molecular weight excluding hydrogens is 1340 g/mol. The number of pyridine rings is 5. The van der Waals surface area contributed by atoms with Crippen molar-refractivity contribution in [1.82, 2.24) is 0 Å². The Balaban J connectivity index is 0.000000725. The predicted octanol–water partition coefficient (Wildman–Crippen LogP) is 27.9. The highest BCUT2D eigenvalue weighted by Gasteiger charge is 2.33. The molecule has 0 unspecified atom stereocenters. The van der Waals surface area contributed by atoms with Crippen LogP contribution in [-0.2, 0) is 62.3 Å². The van der Waals surface area contributed by atoms with E-state index in [-0.39, 0.29) is 64.2 Å². The van der Waals surface area contributed by atoms with Crippen molar-refractivity contribution in [2.24, 2.45) is 35.2 Å². The standard InChI is InChI=1S/C21H30N.4C20H28N.5CH4/c1-8-21(6,9-2)19-14-22(7)20(13-17(19)5)18-11-10-15(3)12-16(18)4;2*1-7-20(5,8-2)17-10-12-19(21(6)14-17)18-11-9-15(3)13-16(18)4;2*1-7-20(5,8-2)18-14-21(6)19(13-16(18)4)17-12-10-9-11-15(17)3;;;;;/h10-14H,8-9H2,1-7H3;4*9-14H,7-8H2,1-6H3;5*1H4/q5*+1;;;;;/i2*3D3;;;;;;;;. The summed E-state index contributed by atoms with van der Waals surface area (Å²) in [6.45, 7) is 49.6. The molecule has 0 bridgehead atoms. The van der Waals surface area contributed by atoms with E-state index in [0.29, 0.717) is 11.1 Å². The molecule has 0 saturated heterocycles. The Morgan fingerprint density at radius 2 is 0.477 bits per heavy atom. The highest BCUT2D eigenvalue weighted by atomic mass is 14.9. The monoisotopic (exact) mass is 1510 g/mol. The summed E-state index contributed by atoms with van der Waals surface area (Å²) in [5.74, 6) is 0. The van der Waals surface area contributed by atoms with Gasteiger partial charge in [0.2, 0.25) is 28.5 Å². The van der Waals surface area contributed by atoms with E-state index in [9.17, 15) is 0 Å². The first-order valence-corrected chi connectivity index (χ1v) is 39.9. The van der Waals surface area contributed by atoms with E-state index in [0.717, 1.165) is 59.3 Å². The van der Waals surface area contributed by atoms with E-state index >= 15 is 0 Å². The van der Waals surface area contributed by atoms with Crippen LogP contribution in [0.15, 0.2) is 177 Å². The Morgan fingerprint density at radius 1 is 0.243 bits per heavy atom. The van der Waals surface area contributed by atoms with Crippen molar-refractivity contribution in [1.29, 1.82) is 0 Å². The quantitative estimate of drug-likeness (QED) is 0.0678. The van der Waals surface area contributed by atoms with E-state index in [1.54, 1.807) is 24.3 Å². The highest BCUT2D eigenvalue weighted by Crippen LogP contribution is 2.39. The minimum atomic E-state index is -2.06. The third-order valence-corrected chi connectivity index (χ3v) is 25.4. The summed E-state index contributed by atoms with van der Waals surface area (Å²) in [5, 5.41) is 0. The molecule has 5 heterocycles. The van der Waals surface area contributed by atoms with Crippen molar-refractivity contribution < 1.29 is 31.1 Å². The Hall–Kier alpha value is -8.15. The molecule has 0 radical (unpaired) electrons. The zero-order valence-corrected chi connectivity index (χ0v) is 71.6. The average Bonchev–Trinajstić information content (AvgIpc) is 0.768. The van der Waals surface area contributed by atoms with Crippen molar-refractivity contribution in [3.8, 4) is 56.3 Å². The fourth-order valence-electron chi connectivity index (χ4n) is 15.4. The molecule has 0 aliphatic carbocycles. The van der Waals surface area contributed by atoms with Crippen LogP contribution in [0.1, 0.15) is 302 Å². The summed E-state index contributed by atoms with van der Waals surface area (Å²) in [5.41, 5.74) is 32.7. The maximum Gasteiger partial charge on any atom is 0.212 e. The molecule has 10 aromatic rings. The molecule has 0 spiro atoms. The Kier molecular flexibility index (Phi) is 35.5. The number of hydrogen-bond donors (Lipinski definition) is 0. The van der Waals surface area contributed by atoms with E-state index < -0.39 is 13.7 Å². The van der Waals surface area contributed by atoms with Crippen LogP contribution >= 0.6 is 0 Å². The molecule has 0 aliphatic rings. The summed E-state index contributed by atoms with van der Waals surface area (Å²) in [6.07, 6.45) is 22.9. The molecule has 5 nitrogen and oxygen atoms in total. The van der Waals surface area contributed by atoms with Crippen molar-refractivity contribution in [3.63, 3.8) is 0 Å². The zero-order valence-electron chi connectivity index (χ0n) is 77.6. The van der Waals surface area contributed by atoms with Gasteiger partial charge in [-0.05, 0) is 254 Å². The van der Waals surface area contributed by atoms with Gasteiger partial charge in [0.25, 0.3) is 0 Å². The first-order valence-electron chi connectivity index (χ1n) is 42.9. The third kappa shape index (κ3) is 23.7. The van der Waals surface area contributed by atoms with Crippen LogP contribution in [0, 0.1) is 76.0 Å². The highest BCUT2D eigenvalue weighted by molar-refractivity contribution is 5.66. The van der Waals surface area contributed by atoms with Gasteiger partial charge in [-0.15, -0.1) is 0 Å². The maximum atomic E-state index is 7.59. The zero-order chi connectivity index (χ0) is 84.0. The van der Waals surface area contributed by atoms with Gasteiger partial charge in [-0.25, -0.2) is 22.8 Å². The second kappa shape index (κ2) is 43.8. The van der Waals surface area contributed by atoms with E-state index in [4.69, 9.17) is 8.22 Å². The van der Waals surface area contributed by atoms with Crippen molar-refractivity contribution in [2.75, 3.05) is 0 Å². The van der Waals surface area contributed by atoms with E-state index in [1.165, 1.54) is 139 Å². The van der Waals surface area contributed by atoms with Gasteiger partial charge in [-0.1, -0.05) is 230 Å². The lowest BCUT2D eigenvalue weighted by atomic mass is 9.76. The van der Waals surface area contributed by atoms with Crippen LogP contribution in [0.3, 0.4) is 0 Å². The van der Waals surface area contributed by atoms with Crippen molar-refractivity contribution >= 4 is 0 Å². The lowest BCUT2D eigenvalue weighted by Gasteiger charge is -2.28. The van der Waals surface area contributed by atoms with Crippen molar-refractivity contribution in [2.45, 2.75) is 308 Å². The van der Waals surface area contributed by atoms with Gasteiger partial charge in [0.15, 0.2) is 31.0 Å². The van der Waals surface area contributed by atoms with Crippen LogP contribution in [0.2, 0.25) is 0 Å². The molecule has 0 amide bonds. The fourth-order valence-corrected chi connectivity index (χ4v) is 15.4. The van der Waals surface area contributed by atoms with Gasteiger partial charge in [0, 0.05) is 94.2 Å². The van der Waals surface area contributed by atoms with E-state index in [2.05, 4.69) is 351 Å². The van der Waals surface area contributed by atoms with Crippen LogP contribution < -0.4 is 22.8 Å². The van der Waals surface area contributed by atoms with Gasteiger partial charge in [0.05, 0.1) is 0 Å². The number of nitrogens with zero attached hydrogens (tertiary/aromatic N) is 5. The Bertz CT molecular complexity index is 4700. The number of hydrogen-bond acceptors (Lipinski definition) is 0. The van der Waals surface area contributed by atoms with Crippen molar-refractivity contribution in [3.05, 3.63) is 266 Å². The second-order valence-electron chi connectivity index (χ2n) is 32.3. The van der Waals surface area contributed by atoms with E-state index in [1.807, 2.05) is 26.0 Å². The van der Waals surface area contributed by atoms with Gasteiger partial charge in [-0.2, -0.15) is 0 Å². The topological polar surface area (TPSA) is 19.4 Å². The Labute approximate surface area is 692 Å². The largest absolute Gasteiger partial charge is 0.212 e. The summed E-state index contributed by atoms with van der Waals surface area (Å²) in [6, 6.07) is 50.6. The molecule has 0 fully saturated rings. The molecule has 606 valence electrons. The molecule has 5 aromatic heterocycles. The number of benzene rings is 5. The molecule has 0 N–H and O–H groups in total. The molecular formula is C106H162N5+5. The molecule has 0 saturated carbocycles. The summed E-state index contributed by atoms with van der Waals surface area (Å²) >= 11 is 0. The van der Waals surface area contributed by atoms with Crippen LogP contribution in [0.4, 0.5) is 0 Å². The summed E-state index contributed by atoms with van der Waals surface area (Å²) < 4.78 is 56.6. The molecule has 0 aliphatic heterocycles. The lowest BCUT2D eigenvalue weighted by Crippen LogP contribution is -2.35. The first-order chi connectivity index (χ1) is 52.4. The molecule has 5 heteroatoms. The van der Waals surface area contributed by atoms with Gasteiger partial charge >= 0.3 is 0 Å². The minimum Gasteiger partial charge on any atom is -0.201 e. The molecule has 5 aromatic carbocycles. The van der Waals surface area contributed by atoms with Gasteiger partial charge in [0.1, 0.15) is 35.2 Å². The van der Waals surface area contributed by atoms with Crippen LogP contribution in [-0.4, -0.2) is 0 Å². The second-order valence-corrected chi connectivity index (χ2v) is 32.3.